The Balaban J connectivity index is 1.35. The normalized spacial score (nSPS) is 10.8. The Bertz CT molecular complexity index is 1240. The summed E-state index contributed by atoms with van der Waals surface area (Å²) in [4.78, 5) is 20.5. The van der Waals surface area contributed by atoms with Gasteiger partial charge in [-0.05, 0) is 35.6 Å². The number of ether oxygens (including phenoxy) is 2. The van der Waals surface area contributed by atoms with Crippen LogP contribution in [0.15, 0.2) is 55.0 Å². The minimum atomic E-state index is -0.631. The summed E-state index contributed by atoms with van der Waals surface area (Å²) in [7, 11) is 0. The zero-order valence-electron chi connectivity index (χ0n) is 17.5. The van der Waals surface area contributed by atoms with Crippen LogP contribution in [0.5, 0.6) is 11.6 Å². The Morgan fingerprint density at radius 3 is 2.72 bits per heavy atom. The molecule has 3 heterocycles. The smallest absolute Gasteiger partial charge is 0.413 e. The summed E-state index contributed by atoms with van der Waals surface area (Å²) in [6.07, 6.45) is 4.28. The Kier molecular flexibility index (Phi) is 6.02. The third kappa shape index (κ3) is 4.86. The number of amides is 1. The molecule has 1 amide bonds. The van der Waals surface area contributed by atoms with Crippen molar-refractivity contribution in [3.8, 4) is 11.6 Å². The molecule has 0 spiro atoms. The van der Waals surface area contributed by atoms with Gasteiger partial charge in [0.1, 0.15) is 5.82 Å². The van der Waals surface area contributed by atoms with Crippen LogP contribution in [0.1, 0.15) is 18.1 Å². The van der Waals surface area contributed by atoms with Crippen LogP contribution in [-0.2, 0) is 13.1 Å². The number of hydrogen-bond donors (Lipinski definition) is 3. The molecule has 3 aromatic heterocycles. The van der Waals surface area contributed by atoms with Crippen molar-refractivity contribution in [3.05, 3.63) is 66.1 Å². The molecular weight excluding hydrogens is 410 g/mol. The number of nitrogens with one attached hydrogen (secondary N) is 1. The predicted octanol–water partition coefficient (Wildman–Crippen LogP) is 2.73. The minimum absolute atomic E-state index is 0.118. The molecule has 164 valence electrons. The van der Waals surface area contributed by atoms with Crippen molar-refractivity contribution in [2.24, 2.45) is 0 Å². The number of carbonyl (C=O) groups excluding carboxylic acids is 1. The number of nitrogens with zero attached hydrogens (tertiary/aromatic N) is 4. The van der Waals surface area contributed by atoms with Crippen molar-refractivity contribution in [2.75, 3.05) is 18.1 Å². The molecule has 10 heteroatoms. The lowest BCUT2D eigenvalue weighted by Gasteiger charge is -2.07. The number of benzene rings is 1. The zero-order valence-corrected chi connectivity index (χ0v) is 17.5. The third-order valence-corrected chi connectivity index (χ3v) is 4.69. The number of aromatic nitrogens is 4. The van der Waals surface area contributed by atoms with E-state index in [0.29, 0.717) is 24.8 Å². The van der Waals surface area contributed by atoms with Crippen LogP contribution in [0.25, 0.3) is 10.8 Å². The van der Waals surface area contributed by atoms with Crippen LogP contribution >= 0.6 is 0 Å². The summed E-state index contributed by atoms with van der Waals surface area (Å²) in [5.41, 5.74) is 13.6. The standard InChI is InChI=1S/C22H23N7O3/c1-2-31-19-6-4-15(11-26-19)12-29-13-18(21(24)28-29)32-22(30)27-10-14-3-5-17-16(9-14)7-8-25-20(17)23/h3-9,11,13H,2,10,12H2,1H3,(H2,23,25)(H2,24,28)(H,27,30). The summed E-state index contributed by atoms with van der Waals surface area (Å²) >= 11 is 0. The largest absolute Gasteiger partial charge is 0.478 e. The number of carbonyl (C=O) groups is 1. The van der Waals surface area contributed by atoms with Gasteiger partial charge in [0.25, 0.3) is 0 Å². The molecule has 0 radical (unpaired) electrons. The zero-order chi connectivity index (χ0) is 22.5. The Hall–Kier alpha value is -4.34. The van der Waals surface area contributed by atoms with Crippen molar-refractivity contribution in [1.82, 2.24) is 25.1 Å². The van der Waals surface area contributed by atoms with Gasteiger partial charge in [-0.25, -0.2) is 14.8 Å². The Labute approximate surface area is 184 Å². The van der Waals surface area contributed by atoms with Gasteiger partial charge in [-0.1, -0.05) is 18.2 Å². The number of hydrogen-bond acceptors (Lipinski definition) is 8. The molecule has 0 aliphatic heterocycles. The lowest BCUT2D eigenvalue weighted by atomic mass is 10.1. The Morgan fingerprint density at radius 2 is 1.94 bits per heavy atom. The van der Waals surface area contributed by atoms with E-state index in [0.717, 1.165) is 21.9 Å². The maximum atomic E-state index is 12.2. The van der Waals surface area contributed by atoms with Gasteiger partial charge in [0.15, 0.2) is 11.6 Å². The molecule has 0 saturated heterocycles. The first-order valence-corrected chi connectivity index (χ1v) is 10.0. The summed E-state index contributed by atoms with van der Waals surface area (Å²) in [5.74, 6) is 1.32. The molecule has 5 N–H and O–H groups in total. The third-order valence-electron chi connectivity index (χ3n) is 4.69. The topological polar surface area (TPSA) is 143 Å². The average Bonchev–Trinajstić information content (AvgIpc) is 3.12. The minimum Gasteiger partial charge on any atom is -0.478 e. The fourth-order valence-electron chi connectivity index (χ4n) is 3.17. The molecule has 10 nitrogen and oxygen atoms in total. The van der Waals surface area contributed by atoms with Gasteiger partial charge in [0.2, 0.25) is 5.88 Å². The van der Waals surface area contributed by atoms with Crippen LogP contribution < -0.4 is 26.3 Å². The van der Waals surface area contributed by atoms with Crippen molar-refractivity contribution < 1.29 is 14.3 Å². The van der Waals surface area contributed by atoms with Gasteiger partial charge in [0, 0.05) is 30.4 Å². The van der Waals surface area contributed by atoms with E-state index in [9.17, 15) is 4.79 Å². The number of fused-ring (bicyclic) bond motifs is 1. The molecule has 4 aromatic rings. The molecule has 0 saturated carbocycles. The van der Waals surface area contributed by atoms with Crippen LogP contribution in [0.3, 0.4) is 0 Å². The van der Waals surface area contributed by atoms with E-state index in [1.165, 1.54) is 0 Å². The average molecular weight is 433 g/mol. The molecule has 4 rings (SSSR count). The number of nitrogen functional groups attached to an aromatic ring is 2. The first-order chi connectivity index (χ1) is 15.5. The van der Waals surface area contributed by atoms with Gasteiger partial charge >= 0.3 is 6.09 Å². The molecule has 0 fully saturated rings. The van der Waals surface area contributed by atoms with Gasteiger partial charge < -0.3 is 26.3 Å². The van der Waals surface area contributed by atoms with Crippen molar-refractivity contribution in [2.45, 2.75) is 20.0 Å². The quantitative estimate of drug-likeness (QED) is 0.404. The van der Waals surface area contributed by atoms with Gasteiger partial charge in [-0.3, -0.25) is 4.68 Å². The van der Waals surface area contributed by atoms with Crippen LogP contribution in [0, 0.1) is 0 Å². The molecule has 0 bridgehead atoms. The summed E-state index contributed by atoms with van der Waals surface area (Å²) in [6, 6.07) is 11.2. The van der Waals surface area contributed by atoms with Crippen molar-refractivity contribution >= 4 is 28.5 Å². The van der Waals surface area contributed by atoms with Gasteiger partial charge in [-0.2, -0.15) is 5.10 Å². The van der Waals surface area contributed by atoms with Crippen LogP contribution in [0.2, 0.25) is 0 Å². The molecule has 0 unspecified atom stereocenters. The van der Waals surface area contributed by atoms with E-state index in [1.807, 2.05) is 37.3 Å². The van der Waals surface area contributed by atoms with E-state index >= 15 is 0 Å². The van der Waals surface area contributed by atoms with E-state index in [-0.39, 0.29) is 18.1 Å². The van der Waals surface area contributed by atoms with E-state index in [1.54, 1.807) is 29.3 Å². The molecule has 1 aromatic carbocycles. The molecular formula is C22H23N7O3. The van der Waals surface area contributed by atoms with E-state index in [4.69, 9.17) is 20.9 Å². The fourth-order valence-corrected chi connectivity index (χ4v) is 3.17. The fraction of sp³-hybridized carbons (Fsp3) is 0.182. The second kappa shape index (κ2) is 9.21. The highest BCUT2D eigenvalue weighted by Gasteiger charge is 2.13. The lowest BCUT2D eigenvalue weighted by molar-refractivity contribution is 0.200. The maximum absolute atomic E-state index is 12.2. The highest BCUT2D eigenvalue weighted by atomic mass is 16.6. The molecule has 0 atom stereocenters. The summed E-state index contributed by atoms with van der Waals surface area (Å²) in [6.45, 7) is 3.15. The van der Waals surface area contributed by atoms with Crippen LogP contribution in [0.4, 0.5) is 16.4 Å². The Morgan fingerprint density at radius 1 is 1.09 bits per heavy atom. The monoisotopic (exact) mass is 433 g/mol. The van der Waals surface area contributed by atoms with E-state index < -0.39 is 6.09 Å². The lowest BCUT2D eigenvalue weighted by Crippen LogP contribution is -2.26. The first kappa shape index (κ1) is 20.9. The van der Waals surface area contributed by atoms with Crippen LogP contribution in [-0.4, -0.2) is 32.4 Å². The SMILES string of the molecule is CCOc1ccc(Cn2cc(OC(=O)NCc3ccc4c(N)nccc4c3)c(N)n2)cn1. The van der Waals surface area contributed by atoms with Crippen molar-refractivity contribution in [1.29, 1.82) is 0 Å². The molecule has 0 aliphatic carbocycles. The molecule has 0 aliphatic rings. The second-order valence-electron chi connectivity index (χ2n) is 7.01. The first-order valence-electron chi connectivity index (χ1n) is 10.0. The van der Waals surface area contributed by atoms with Gasteiger partial charge in [0.05, 0.1) is 19.3 Å². The maximum Gasteiger partial charge on any atom is 0.413 e. The summed E-state index contributed by atoms with van der Waals surface area (Å²) < 4.78 is 12.2. The highest BCUT2D eigenvalue weighted by molar-refractivity contribution is 5.91. The van der Waals surface area contributed by atoms with Gasteiger partial charge in [-0.15, -0.1) is 0 Å². The highest BCUT2D eigenvalue weighted by Crippen LogP contribution is 2.21. The number of rotatable bonds is 7. The molecule has 32 heavy (non-hydrogen) atoms. The predicted molar refractivity (Wildman–Crippen MR) is 120 cm³/mol. The van der Waals surface area contributed by atoms with Crippen molar-refractivity contribution in [3.63, 3.8) is 0 Å². The second-order valence-corrected chi connectivity index (χ2v) is 7.01. The summed E-state index contributed by atoms with van der Waals surface area (Å²) in [5, 5.41) is 8.70. The number of pyridine rings is 2. The number of nitrogens with two attached hydrogens (primary N) is 2. The number of anilines is 2. The van der Waals surface area contributed by atoms with E-state index in [2.05, 4.69) is 20.4 Å².